The Morgan fingerprint density at radius 2 is 2.00 bits per heavy atom. The molecule has 0 spiro atoms. The number of hydrogen-bond acceptors (Lipinski definition) is 4. The number of nitrogens with one attached hydrogen (secondary N) is 1. The van der Waals surface area contributed by atoms with Gasteiger partial charge in [-0.3, -0.25) is 0 Å². The molecule has 21 heavy (non-hydrogen) atoms. The second kappa shape index (κ2) is 5.93. The maximum atomic E-state index is 4.61. The zero-order valence-electron chi connectivity index (χ0n) is 13.0. The van der Waals surface area contributed by atoms with E-state index in [0.29, 0.717) is 11.9 Å². The fourth-order valence-electron chi connectivity index (χ4n) is 2.64. The third-order valence-electron chi connectivity index (χ3n) is 4.07. The van der Waals surface area contributed by atoms with Crippen LogP contribution in [0.25, 0.3) is 5.95 Å². The van der Waals surface area contributed by atoms with E-state index < -0.39 is 0 Å². The SMILES string of the molecule is Cc1nn(-c2ncccn2)c(C)c1CC(C)CNC1CC1. The maximum absolute atomic E-state index is 4.61. The first kappa shape index (κ1) is 14.2. The fourth-order valence-corrected chi connectivity index (χ4v) is 2.64. The number of rotatable bonds is 6. The molecule has 0 radical (unpaired) electrons. The third kappa shape index (κ3) is 3.29. The normalized spacial score (nSPS) is 16.1. The predicted molar refractivity (Wildman–Crippen MR) is 82.5 cm³/mol. The highest BCUT2D eigenvalue weighted by Gasteiger charge is 2.22. The molecular formula is C16H23N5. The quantitative estimate of drug-likeness (QED) is 0.884. The van der Waals surface area contributed by atoms with Crippen LogP contribution in [0.4, 0.5) is 0 Å². The van der Waals surface area contributed by atoms with Crippen molar-refractivity contribution in [3.63, 3.8) is 0 Å². The van der Waals surface area contributed by atoms with E-state index in [4.69, 9.17) is 0 Å². The summed E-state index contributed by atoms with van der Waals surface area (Å²) in [4.78, 5) is 8.58. The molecule has 0 saturated heterocycles. The van der Waals surface area contributed by atoms with Gasteiger partial charge in [-0.1, -0.05) is 6.92 Å². The molecule has 2 heterocycles. The van der Waals surface area contributed by atoms with Gasteiger partial charge in [-0.25, -0.2) is 14.6 Å². The lowest BCUT2D eigenvalue weighted by Gasteiger charge is -2.12. The van der Waals surface area contributed by atoms with Gasteiger partial charge in [-0.2, -0.15) is 5.10 Å². The fraction of sp³-hybridized carbons (Fsp3) is 0.562. The molecule has 1 unspecified atom stereocenters. The van der Waals surface area contributed by atoms with E-state index in [1.54, 1.807) is 12.4 Å². The van der Waals surface area contributed by atoms with Gasteiger partial charge in [0, 0.05) is 24.1 Å². The van der Waals surface area contributed by atoms with E-state index in [9.17, 15) is 0 Å². The van der Waals surface area contributed by atoms with Crippen molar-refractivity contribution in [1.29, 1.82) is 0 Å². The van der Waals surface area contributed by atoms with Crippen molar-refractivity contribution in [3.05, 3.63) is 35.4 Å². The summed E-state index contributed by atoms with van der Waals surface area (Å²) in [5.74, 6) is 1.26. The molecule has 3 rings (SSSR count). The molecule has 1 atom stereocenters. The van der Waals surface area contributed by atoms with Crippen LogP contribution >= 0.6 is 0 Å². The van der Waals surface area contributed by atoms with Gasteiger partial charge in [-0.15, -0.1) is 0 Å². The Bertz CT molecular complexity index is 601. The minimum atomic E-state index is 0.609. The zero-order chi connectivity index (χ0) is 14.8. The number of aryl methyl sites for hydroxylation is 1. The Morgan fingerprint density at radius 1 is 1.29 bits per heavy atom. The van der Waals surface area contributed by atoms with Gasteiger partial charge < -0.3 is 5.32 Å². The summed E-state index contributed by atoms with van der Waals surface area (Å²) in [5, 5.41) is 8.21. The second-order valence-corrected chi connectivity index (χ2v) is 6.10. The van der Waals surface area contributed by atoms with Gasteiger partial charge in [0.2, 0.25) is 0 Å². The van der Waals surface area contributed by atoms with Crippen molar-refractivity contribution in [2.24, 2.45) is 5.92 Å². The van der Waals surface area contributed by atoms with Gasteiger partial charge in [0.05, 0.1) is 5.69 Å². The van der Waals surface area contributed by atoms with Gasteiger partial charge in [0.25, 0.3) is 5.95 Å². The smallest absolute Gasteiger partial charge is 0.250 e. The number of aromatic nitrogens is 4. The molecular weight excluding hydrogens is 262 g/mol. The molecule has 1 aliphatic carbocycles. The summed E-state index contributed by atoms with van der Waals surface area (Å²) in [6.45, 7) is 7.55. The van der Waals surface area contributed by atoms with Crippen molar-refractivity contribution < 1.29 is 0 Å². The average molecular weight is 285 g/mol. The monoisotopic (exact) mass is 285 g/mol. The summed E-state index contributed by atoms with van der Waals surface area (Å²) in [5.41, 5.74) is 3.56. The molecule has 0 aliphatic heterocycles. The minimum absolute atomic E-state index is 0.609. The van der Waals surface area contributed by atoms with E-state index in [0.717, 1.165) is 30.4 Å². The summed E-state index contributed by atoms with van der Waals surface area (Å²) in [6, 6.07) is 2.59. The first-order chi connectivity index (χ1) is 10.1. The Labute approximate surface area is 125 Å². The molecule has 1 N–H and O–H groups in total. The molecule has 1 saturated carbocycles. The Kier molecular flexibility index (Phi) is 4.01. The summed E-state index contributed by atoms with van der Waals surface area (Å²) < 4.78 is 1.85. The van der Waals surface area contributed by atoms with Crippen LogP contribution in [-0.4, -0.2) is 32.3 Å². The van der Waals surface area contributed by atoms with E-state index in [-0.39, 0.29) is 0 Å². The van der Waals surface area contributed by atoms with Crippen molar-refractivity contribution in [3.8, 4) is 5.95 Å². The molecule has 0 amide bonds. The Hall–Kier alpha value is -1.75. The number of nitrogens with zero attached hydrogens (tertiary/aromatic N) is 4. The highest BCUT2D eigenvalue weighted by Crippen LogP contribution is 2.21. The van der Waals surface area contributed by atoms with Crippen molar-refractivity contribution >= 4 is 0 Å². The molecule has 112 valence electrons. The second-order valence-electron chi connectivity index (χ2n) is 6.10. The Morgan fingerprint density at radius 3 is 2.67 bits per heavy atom. The average Bonchev–Trinajstić information content (AvgIpc) is 3.28. The molecule has 0 bridgehead atoms. The summed E-state index contributed by atoms with van der Waals surface area (Å²) in [7, 11) is 0. The lowest BCUT2D eigenvalue weighted by molar-refractivity contribution is 0.507. The van der Waals surface area contributed by atoms with E-state index >= 15 is 0 Å². The molecule has 5 heteroatoms. The van der Waals surface area contributed by atoms with Gasteiger partial charge in [0.1, 0.15) is 0 Å². The molecule has 0 aromatic carbocycles. The van der Waals surface area contributed by atoms with Gasteiger partial charge in [0.15, 0.2) is 0 Å². The highest BCUT2D eigenvalue weighted by atomic mass is 15.4. The van der Waals surface area contributed by atoms with Crippen LogP contribution in [-0.2, 0) is 6.42 Å². The topological polar surface area (TPSA) is 55.6 Å². The van der Waals surface area contributed by atoms with Crippen LogP contribution in [0.1, 0.15) is 36.7 Å². The first-order valence-electron chi connectivity index (χ1n) is 7.71. The zero-order valence-corrected chi connectivity index (χ0v) is 13.0. The molecule has 5 nitrogen and oxygen atoms in total. The van der Waals surface area contributed by atoms with Crippen molar-refractivity contribution in [2.45, 2.75) is 46.1 Å². The third-order valence-corrected chi connectivity index (χ3v) is 4.07. The minimum Gasteiger partial charge on any atom is -0.314 e. The standard InChI is InChI=1S/C16H23N5/c1-11(10-19-14-5-6-14)9-15-12(2)20-21(13(15)3)16-17-7-4-8-18-16/h4,7-8,11,14,19H,5-6,9-10H2,1-3H3. The molecule has 1 fully saturated rings. The first-order valence-corrected chi connectivity index (χ1v) is 7.71. The maximum Gasteiger partial charge on any atom is 0.250 e. The lowest BCUT2D eigenvalue weighted by atomic mass is 9.99. The van der Waals surface area contributed by atoms with E-state index in [2.05, 4.69) is 41.2 Å². The van der Waals surface area contributed by atoms with Crippen LogP contribution in [0.5, 0.6) is 0 Å². The van der Waals surface area contributed by atoms with Crippen LogP contribution in [0.15, 0.2) is 18.5 Å². The van der Waals surface area contributed by atoms with Crippen molar-refractivity contribution in [1.82, 2.24) is 25.1 Å². The largest absolute Gasteiger partial charge is 0.314 e. The summed E-state index contributed by atoms with van der Waals surface area (Å²) >= 11 is 0. The molecule has 2 aromatic heterocycles. The van der Waals surface area contributed by atoms with Crippen LogP contribution < -0.4 is 5.32 Å². The van der Waals surface area contributed by atoms with Crippen LogP contribution in [0, 0.1) is 19.8 Å². The van der Waals surface area contributed by atoms with Gasteiger partial charge in [-0.05, 0) is 57.2 Å². The van der Waals surface area contributed by atoms with Crippen molar-refractivity contribution in [2.75, 3.05) is 6.54 Å². The van der Waals surface area contributed by atoms with Crippen LogP contribution in [0.2, 0.25) is 0 Å². The van der Waals surface area contributed by atoms with E-state index in [1.807, 2.05) is 10.7 Å². The van der Waals surface area contributed by atoms with Crippen LogP contribution in [0.3, 0.4) is 0 Å². The van der Waals surface area contributed by atoms with Gasteiger partial charge >= 0.3 is 0 Å². The highest BCUT2D eigenvalue weighted by molar-refractivity contribution is 5.29. The summed E-state index contributed by atoms with van der Waals surface area (Å²) in [6.07, 6.45) is 7.23. The van der Waals surface area contributed by atoms with E-state index in [1.165, 1.54) is 18.4 Å². The molecule has 2 aromatic rings. The predicted octanol–water partition coefficient (Wildman–Crippen LogP) is 2.21. The Balaban J connectivity index is 1.74. The lowest BCUT2D eigenvalue weighted by Crippen LogP contribution is -2.24. The molecule has 1 aliphatic rings. The number of hydrogen-bond donors (Lipinski definition) is 1.